The Morgan fingerprint density at radius 2 is 2.11 bits per heavy atom. The Balaban J connectivity index is 1.57. The van der Waals surface area contributed by atoms with Crippen LogP contribution < -0.4 is 5.32 Å². The van der Waals surface area contributed by atoms with Crippen molar-refractivity contribution >= 4 is 28.8 Å². The van der Waals surface area contributed by atoms with E-state index in [1.807, 2.05) is 28.8 Å². The number of aryl methyl sites for hydroxylation is 1. The highest BCUT2D eigenvalue weighted by Gasteiger charge is 2.36. The molecule has 27 heavy (non-hydrogen) atoms. The number of aromatic nitrogens is 2. The summed E-state index contributed by atoms with van der Waals surface area (Å²) in [4.78, 5) is 31.7. The van der Waals surface area contributed by atoms with E-state index in [9.17, 15) is 9.59 Å². The highest BCUT2D eigenvalue weighted by molar-refractivity contribution is 6.00. The molecule has 0 saturated carbocycles. The second kappa shape index (κ2) is 7.26. The smallest absolute Gasteiger partial charge is 0.290 e. The van der Waals surface area contributed by atoms with Gasteiger partial charge in [-0.15, -0.1) is 0 Å². The minimum absolute atomic E-state index is 0.208. The van der Waals surface area contributed by atoms with Gasteiger partial charge in [-0.25, -0.2) is 4.98 Å². The molecule has 0 spiro atoms. The molecule has 1 aliphatic rings. The van der Waals surface area contributed by atoms with E-state index in [4.69, 9.17) is 4.42 Å². The number of carbonyl (C=O) groups is 2. The Kier molecular flexibility index (Phi) is 4.66. The maximum Gasteiger partial charge on any atom is 0.290 e. The van der Waals surface area contributed by atoms with E-state index in [0.717, 1.165) is 30.4 Å². The van der Waals surface area contributed by atoms with Crippen molar-refractivity contribution in [2.24, 2.45) is 0 Å². The van der Waals surface area contributed by atoms with Crippen molar-refractivity contribution < 1.29 is 14.0 Å². The molecule has 1 saturated heterocycles. The normalized spacial score (nSPS) is 16.8. The van der Waals surface area contributed by atoms with Crippen LogP contribution in [0.5, 0.6) is 0 Å². The van der Waals surface area contributed by atoms with Crippen molar-refractivity contribution in [3.8, 4) is 0 Å². The molecule has 0 bridgehead atoms. The van der Waals surface area contributed by atoms with Gasteiger partial charge in [0.1, 0.15) is 6.04 Å². The van der Waals surface area contributed by atoms with Crippen molar-refractivity contribution in [1.82, 2.24) is 14.5 Å². The number of amides is 2. The summed E-state index contributed by atoms with van der Waals surface area (Å²) in [5.74, 6) is 0.327. The molecule has 1 fully saturated rings. The maximum absolute atomic E-state index is 12.9. The molecule has 1 atom stereocenters. The first kappa shape index (κ1) is 17.3. The monoisotopic (exact) mass is 366 g/mol. The molecule has 3 heterocycles. The number of anilines is 1. The molecular weight excluding hydrogens is 344 g/mol. The highest BCUT2D eigenvalue weighted by atomic mass is 16.3. The Bertz CT molecular complexity index is 961. The molecule has 140 valence electrons. The van der Waals surface area contributed by atoms with E-state index >= 15 is 0 Å². The average Bonchev–Trinajstić information content (AvgIpc) is 3.42. The standard InChI is InChI=1S/C20H22N4O3/c1-2-11-24-15-8-4-3-7-14(15)21-20(24)22-18(25)16-9-5-12-23(16)19(26)17-10-6-13-27-17/h3-4,6-8,10,13,16H,2,5,9,11-12H2,1H3,(H,21,22,25). The molecule has 4 rings (SSSR count). The van der Waals surface area contributed by atoms with E-state index in [0.29, 0.717) is 18.9 Å². The zero-order valence-electron chi connectivity index (χ0n) is 15.2. The Hall–Kier alpha value is -3.09. The van der Waals surface area contributed by atoms with E-state index in [1.54, 1.807) is 17.0 Å². The van der Waals surface area contributed by atoms with Crippen LogP contribution >= 0.6 is 0 Å². The highest BCUT2D eigenvalue weighted by Crippen LogP contribution is 2.24. The minimum atomic E-state index is -0.516. The number of benzene rings is 1. The number of hydrogen-bond acceptors (Lipinski definition) is 4. The van der Waals surface area contributed by atoms with Gasteiger partial charge < -0.3 is 13.9 Å². The predicted octanol–water partition coefficient (Wildman–Crippen LogP) is 3.28. The molecule has 7 nitrogen and oxygen atoms in total. The van der Waals surface area contributed by atoms with Crippen LogP contribution in [0.2, 0.25) is 0 Å². The van der Waals surface area contributed by atoms with Gasteiger partial charge in [0.05, 0.1) is 17.3 Å². The summed E-state index contributed by atoms with van der Waals surface area (Å²) in [5.41, 5.74) is 1.83. The number of hydrogen-bond donors (Lipinski definition) is 1. The SMILES string of the molecule is CCCn1c(NC(=O)C2CCCN2C(=O)c2ccco2)nc2ccccc21. The van der Waals surface area contributed by atoms with Crippen LogP contribution in [0.3, 0.4) is 0 Å². The first-order valence-electron chi connectivity index (χ1n) is 9.29. The van der Waals surface area contributed by atoms with Crippen LogP contribution in [0.25, 0.3) is 11.0 Å². The summed E-state index contributed by atoms with van der Waals surface area (Å²) < 4.78 is 7.22. The molecule has 0 radical (unpaired) electrons. The zero-order chi connectivity index (χ0) is 18.8. The van der Waals surface area contributed by atoms with Gasteiger partial charge in [-0.3, -0.25) is 14.9 Å². The van der Waals surface area contributed by atoms with Crippen LogP contribution in [0, 0.1) is 0 Å². The van der Waals surface area contributed by atoms with Crippen molar-refractivity contribution in [3.63, 3.8) is 0 Å². The molecule has 1 N–H and O–H groups in total. The lowest BCUT2D eigenvalue weighted by Gasteiger charge is -2.23. The Labute approximate surface area is 157 Å². The summed E-state index contributed by atoms with van der Waals surface area (Å²) in [5, 5.41) is 2.95. The number of rotatable bonds is 5. The summed E-state index contributed by atoms with van der Waals surface area (Å²) in [6.45, 7) is 3.39. The van der Waals surface area contributed by atoms with Crippen LogP contribution in [0.15, 0.2) is 47.1 Å². The molecule has 0 aliphatic carbocycles. The fourth-order valence-corrected chi connectivity index (χ4v) is 3.64. The lowest BCUT2D eigenvalue weighted by molar-refractivity contribution is -0.119. The second-order valence-corrected chi connectivity index (χ2v) is 6.70. The first-order valence-corrected chi connectivity index (χ1v) is 9.29. The van der Waals surface area contributed by atoms with E-state index in [2.05, 4.69) is 17.2 Å². The van der Waals surface area contributed by atoms with Gasteiger partial charge >= 0.3 is 0 Å². The van der Waals surface area contributed by atoms with Crippen LogP contribution in [0.1, 0.15) is 36.7 Å². The Morgan fingerprint density at radius 3 is 2.89 bits per heavy atom. The van der Waals surface area contributed by atoms with Gasteiger partial charge in [0.15, 0.2) is 5.76 Å². The molecule has 2 amide bonds. The van der Waals surface area contributed by atoms with Gasteiger partial charge in [0.2, 0.25) is 11.9 Å². The van der Waals surface area contributed by atoms with Crippen molar-refractivity contribution in [1.29, 1.82) is 0 Å². The Morgan fingerprint density at radius 1 is 1.26 bits per heavy atom. The maximum atomic E-state index is 12.9. The quantitative estimate of drug-likeness (QED) is 0.751. The third kappa shape index (κ3) is 3.20. The molecule has 1 unspecified atom stereocenters. The van der Waals surface area contributed by atoms with E-state index in [1.165, 1.54) is 6.26 Å². The van der Waals surface area contributed by atoms with Crippen LogP contribution in [0.4, 0.5) is 5.95 Å². The van der Waals surface area contributed by atoms with E-state index < -0.39 is 6.04 Å². The number of nitrogens with zero attached hydrogens (tertiary/aromatic N) is 3. The second-order valence-electron chi connectivity index (χ2n) is 6.70. The molecule has 7 heteroatoms. The third-order valence-corrected chi connectivity index (χ3v) is 4.89. The number of para-hydroxylation sites is 2. The third-order valence-electron chi connectivity index (χ3n) is 4.89. The van der Waals surface area contributed by atoms with Gasteiger partial charge in [-0.1, -0.05) is 19.1 Å². The fourth-order valence-electron chi connectivity index (χ4n) is 3.64. The number of carbonyl (C=O) groups excluding carboxylic acids is 2. The number of imidazole rings is 1. The zero-order valence-corrected chi connectivity index (χ0v) is 15.2. The fraction of sp³-hybridized carbons (Fsp3) is 0.350. The summed E-state index contributed by atoms with van der Waals surface area (Å²) in [6, 6.07) is 10.6. The van der Waals surface area contributed by atoms with Crippen molar-refractivity contribution in [3.05, 3.63) is 48.4 Å². The molecule has 1 aliphatic heterocycles. The summed E-state index contributed by atoms with van der Waals surface area (Å²) in [7, 11) is 0. The topological polar surface area (TPSA) is 80.4 Å². The minimum Gasteiger partial charge on any atom is -0.459 e. The summed E-state index contributed by atoms with van der Waals surface area (Å²) in [6.07, 6.45) is 3.81. The number of furan rings is 1. The van der Waals surface area contributed by atoms with Gasteiger partial charge in [-0.2, -0.15) is 0 Å². The molecule has 3 aromatic rings. The van der Waals surface area contributed by atoms with Crippen LogP contribution in [-0.2, 0) is 11.3 Å². The van der Waals surface area contributed by atoms with E-state index in [-0.39, 0.29) is 17.6 Å². The lowest BCUT2D eigenvalue weighted by Crippen LogP contribution is -2.43. The van der Waals surface area contributed by atoms with Gasteiger partial charge in [-0.05, 0) is 43.5 Å². The van der Waals surface area contributed by atoms with Crippen molar-refractivity contribution in [2.75, 3.05) is 11.9 Å². The molecule has 1 aromatic carbocycles. The largest absolute Gasteiger partial charge is 0.459 e. The number of fused-ring (bicyclic) bond motifs is 1. The van der Waals surface area contributed by atoms with Crippen LogP contribution in [-0.4, -0.2) is 38.9 Å². The molecule has 2 aromatic heterocycles. The average molecular weight is 366 g/mol. The summed E-state index contributed by atoms with van der Waals surface area (Å²) >= 11 is 0. The van der Waals surface area contributed by atoms with Crippen molar-refractivity contribution in [2.45, 2.75) is 38.8 Å². The lowest BCUT2D eigenvalue weighted by atomic mass is 10.2. The molecular formula is C20H22N4O3. The van der Waals surface area contributed by atoms with Gasteiger partial charge in [0.25, 0.3) is 5.91 Å². The number of nitrogens with one attached hydrogen (secondary N) is 1. The van der Waals surface area contributed by atoms with Gasteiger partial charge in [0, 0.05) is 13.1 Å². The number of likely N-dealkylation sites (tertiary alicyclic amines) is 1. The first-order chi connectivity index (χ1) is 13.2. The predicted molar refractivity (Wildman–Crippen MR) is 101 cm³/mol.